The molecule has 1 fully saturated rings. The molecule has 0 aliphatic heterocycles. The summed E-state index contributed by atoms with van der Waals surface area (Å²) in [5, 5.41) is 0. The minimum Gasteiger partial charge on any atom is -0.299 e. The number of carbonyl (C=O) groups is 2. The molecule has 2 nitrogen and oxygen atoms in total. The van der Waals surface area contributed by atoms with Crippen molar-refractivity contribution < 1.29 is 9.59 Å². The van der Waals surface area contributed by atoms with Crippen LogP contribution in [0.15, 0.2) is 0 Å². The van der Waals surface area contributed by atoms with E-state index in [1.54, 1.807) is 0 Å². The number of Topliss-reactive ketones (excluding diaryl/α,β-unsaturated/α-hetero) is 2. The summed E-state index contributed by atoms with van der Waals surface area (Å²) in [5.74, 6) is 0.644. The Kier molecular flexibility index (Phi) is 3.73. The van der Waals surface area contributed by atoms with Crippen LogP contribution in [-0.2, 0) is 9.59 Å². The molecule has 1 aliphatic rings. The predicted octanol–water partition coefficient (Wildman–Crippen LogP) is 1.63. The maximum Gasteiger partial charge on any atom is 0.146 e. The van der Waals surface area contributed by atoms with Crippen molar-refractivity contribution in [3.63, 3.8) is 0 Å². The van der Waals surface area contributed by atoms with Gasteiger partial charge in [0.25, 0.3) is 0 Å². The van der Waals surface area contributed by atoms with Crippen LogP contribution in [0.25, 0.3) is 0 Å². The number of hydrogen-bond acceptors (Lipinski definition) is 2. The minimum atomic E-state index is 0.0779. The third kappa shape index (κ3) is 2.37. The highest BCUT2D eigenvalue weighted by molar-refractivity contribution is 14.1. The normalized spacial score (nSPS) is 28.2. The molecule has 1 rings (SSSR count). The lowest BCUT2D eigenvalue weighted by molar-refractivity contribution is -0.122. The molecular weight excluding hydrogens is 370 g/mol. The van der Waals surface area contributed by atoms with Crippen LogP contribution in [-0.4, -0.2) is 20.4 Å². The number of ketones is 2. The molecule has 0 aromatic heterocycles. The van der Waals surface area contributed by atoms with Crippen LogP contribution in [0.3, 0.4) is 0 Å². The number of halogens is 2. The largest absolute Gasteiger partial charge is 0.299 e. The van der Waals surface area contributed by atoms with Gasteiger partial charge in [-0.25, -0.2) is 0 Å². The average molecular weight is 378 g/mol. The maximum absolute atomic E-state index is 11.0. The Hall–Kier alpha value is 0.800. The number of carbonyl (C=O) groups excluding carboxylic acids is 2. The zero-order valence-electron chi connectivity index (χ0n) is 5.85. The van der Waals surface area contributed by atoms with E-state index in [-0.39, 0.29) is 23.4 Å². The standard InChI is InChI=1S/C7H8I2O2/c8-2-6(10)4-1-5(4)7(11)3-9/h4-5H,1-3H2/t4-,5-/m0/s1. The summed E-state index contributed by atoms with van der Waals surface area (Å²) in [4.78, 5) is 22.1. The molecule has 2 atom stereocenters. The molecule has 0 unspecified atom stereocenters. The summed E-state index contributed by atoms with van der Waals surface area (Å²) >= 11 is 4.10. The third-order valence-electron chi connectivity index (χ3n) is 1.88. The summed E-state index contributed by atoms with van der Waals surface area (Å²) in [6.45, 7) is 0. The van der Waals surface area contributed by atoms with Crippen LogP contribution in [0, 0.1) is 11.8 Å². The van der Waals surface area contributed by atoms with Gasteiger partial charge in [-0.3, -0.25) is 9.59 Å². The van der Waals surface area contributed by atoms with Crippen molar-refractivity contribution in [2.45, 2.75) is 6.42 Å². The Balaban J connectivity index is 2.37. The van der Waals surface area contributed by atoms with Crippen LogP contribution in [0.4, 0.5) is 0 Å². The Bertz CT molecular complexity index is 171. The molecule has 0 saturated heterocycles. The molecule has 0 bridgehead atoms. The molecule has 1 aliphatic carbocycles. The van der Waals surface area contributed by atoms with Crippen LogP contribution in [0.5, 0.6) is 0 Å². The summed E-state index contributed by atoms with van der Waals surface area (Å²) in [5.41, 5.74) is 0. The molecule has 0 heterocycles. The van der Waals surface area contributed by atoms with Crippen LogP contribution < -0.4 is 0 Å². The van der Waals surface area contributed by atoms with Gasteiger partial charge in [0.2, 0.25) is 0 Å². The van der Waals surface area contributed by atoms with E-state index in [0.29, 0.717) is 8.86 Å². The lowest BCUT2D eigenvalue weighted by Gasteiger charge is -1.92. The molecule has 0 amide bonds. The summed E-state index contributed by atoms with van der Waals surface area (Å²) < 4.78 is 1.10. The Morgan fingerprint density at radius 2 is 1.45 bits per heavy atom. The Morgan fingerprint density at radius 3 is 1.73 bits per heavy atom. The van der Waals surface area contributed by atoms with Crippen molar-refractivity contribution in [2.24, 2.45) is 11.8 Å². The van der Waals surface area contributed by atoms with Crippen molar-refractivity contribution in [1.29, 1.82) is 0 Å². The molecule has 0 aromatic carbocycles. The van der Waals surface area contributed by atoms with Crippen molar-refractivity contribution in [1.82, 2.24) is 0 Å². The fourth-order valence-electron chi connectivity index (χ4n) is 1.10. The van der Waals surface area contributed by atoms with Gasteiger partial charge in [0.1, 0.15) is 11.6 Å². The van der Waals surface area contributed by atoms with Gasteiger partial charge in [0.05, 0.1) is 8.86 Å². The van der Waals surface area contributed by atoms with Gasteiger partial charge in [0.15, 0.2) is 0 Å². The van der Waals surface area contributed by atoms with Gasteiger partial charge in [0, 0.05) is 11.8 Å². The highest BCUT2D eigenvalue weighted by Crippen LogP contribution is 2.40. The Labute approximate surface area is 92.8 Å². The number of hydrogen-bond donors (Lipinski definition) is 0. The second kappa shape index (κ2) is 4.15. The minimum absolute atomic E-state index is 0.0779. The van der Waals surface area contributed by atoms with Gasteiger partial charge in [-0.05, 0) is 6.42 Å². The van der Waals surface area contributed by atoms with Crippen LogP contribution in [0.2, 0.25) is 0 Å². The second-order valence-electron chi connectivity index (χ2n) is 2.65. The quantitative estimate of drug-likeness (QED) is 0.551. The van der Waals surface area contributed by atoms with Gasteiger partial charge >= 0.3 is 0 Å². The monoisotopic (exact) mass is 378 g/mol. The van der Waals surface area contributed by atoms with Crippen molar-refractivity contribution in [3.8, 4) is 0 Å². The van der Waals surface area contributed by atoms with E-state index in [4.69, 9.17) is 0 Å². The highest BCUT2D eigenvalue weighted by atomic mass is 127. The summed E-state index contributed by atoms with van der Waals surface area (Å²) in [6.07, 6.45) is 0.809. The lowest BCUT2D eigenvalue weighted by atomic mass is 10.2. The highest BCUT2D eigenvalue weighted by Gasteiger charge is 2.45. The lowest BCUT2D eigenvalue weighted by Crippen LogP contribution is -2.09. The molecule has 0 radical (unpaired) electrons. The van der Waals surface area contributed by atoms with Crippen molar-refractivity contribution in [2.75, 3.05) is 8.86 Å². The first-order valence-electron chi connectivity index (χ1n) is 3.38. The smallest absolute Gasteiger partial charge is 0.146 e. The van der Waals surface area contributed by atoms with E-state index in [0.717, 1.165) is 6.42 Å². The molecular formula is C7H8I2O2. The van der Waals surface area contributed by atoms with Crippen LogP contribution >= 0.6 is 45.2 Å². The summed E-state index contributed by atoms with van der Waals surface area (Å²) in [7, 11) is 0. The zero-order chi connectivity index (χ0) is 8.43. The molecule has 11 heavy (non-hydrogen) atoms. The first kappa shape index (κ1) is 9.88. The molecule has 0 N–H and O–H groups in total. The van der Waals surface area contributed by atoms with E-state index >= 15 is 0 Å². The van der Waals surface area contributed by atoms with E-state index in [9.17, 15) is 9.59 Å². The second-order valence-corrected chi connectivity index (χ2v) is 4.17. The zero-order valence-corrected chi connectivity index (χ0v) is 10.2. The van der Waals surface area contributed by atoms with E-state index in [1.165, 1.54) is 0 Å². The van der Waals surface area contributed by atoms with E-state index in [1.807, 2.05) is 0 Å². The fourth-order valence-corrected chi connectivity index (χ4v) is 2.24. The first-order chi connectivity index (χ1) is 5.20. The number of rotatable bonds is 4. The maximum atomic E-state index is 11.0. The molecule has 1 saturated carbocycles. The van der Waals surface area contributed by atoms with Crippen LogP contribution in [0.1, 0.15) is 6.42 Å². The van der Waals surface area contributed by atoms with Gasteiger partial charge in [-0.2, -0.15) is 0 Å². The molecule has 4 heteroatoms. The molecule has 0 spiro atoms. The first-order valence-corrected chi connectivity index (χ1v) is 6.43. The summed E-state index contributed by atoms with van der Waals surface area (Å²) in [6, 6.07) is 0. The molecule has 62 valence electrons. The SMILES string of the molecule is O=C(CI)[C@H]1C[C@@H]1C(=O)CI. The fraction of sp³-hybridized carbons (Fsp3) is 0.714. The van der Waals surface area contributed by atoms with Crippen molar-refractivity contribution in [3.05, 3.63) is 0 Å². The topological polar surface area (TPSA) is 34.1 Å². The van der Waals surface area contributed by atoms with E-state index in [2.05, 4.69) is 45.2 Å². The third-order valence-corrected chi connectivity index (χ3v) is 3.38. The van der Waals surface area contributed by atoms with Crippen molar-refractivity contribution >= 4 is 56.7 Å². The Morgan fingerprint density at radius 1 is 1.09 bits per heavy atom. The average Bonchev–Trinajstić information content (AvgIpc) is 2.80. The molecule has 0 aromatic rings. The van der Waals surface area contributed by atoms with E-state index < -0.39 is 0 Å². The van der Waals surface area contributed by atoms with Gasteiger partial charge < -0.3 is 0 Å². The number of alkyl halides is 2. The van der Waals surface area contributed by atoms with Gasteiger partial charge in [-0.1, -0.05) is 45.2 Å². The van der Waals surface area contributed by atoms with Gasteiger partial charge in [-0.15, -0.1) is 0 Å². The predicted molar refractivity (Wildman–Crippen MR) is 59.4 cm³/mol.